The molecule has 0 bridgehead atoms. The Morgan fingerprint density at radius 2 is 1.83 bits per heavy atom. The molecule has 1 aliphatic carbocycles. The lowest BCUT2D eigenvalue weighted by Crippen LogP contribution is -2.38. The van der Waals surface area contributed by atoms with Gasteiger partial charge in [0.05, 0.1) is 11.7 Å². The van der Waals surface area contributed by atoms with Crippen molar-refractivity contribution in [2.45, 2.75) is 56.7 Å². The standard InChI is InChI=1S/C10H17IO/c11-8-9-4-3-7-10(12-9)5-1-2-6-10/h9H,1-8H2. The van der Waals surface area contributed by atoms with Gasteiger partial charge in [0.2, 0.25) is 0 Å². The summed E-state index contributed by atoms with van der Waals surface area (Å²) < 4.78 is 7.36. The number of ether oxygens (including phenoxy) is 1. The molecule has 2 aliphatic rings. The van der Waals surface area contributed by atoms with Crippen LogP contribution in [0.5, 0.6) is 0 Å². The summed E-state index contributed by atoms with van der Waals surface area (Å²) >= 11 is 2.45. The molecule has 70 valence electrons. The first-order valence-corrected chi connectivity index (χ1v) is 6.61. The summed E-state index contributed by atoms with van der Waals surface area (Å²) in [5.41, 5.74) is 0.341. The normalized spacial score (nSPS) is 34.2. The summed E-state index contributed by atoms with van der Waals surface area (Å²) in [6.45, 7) is 0. The van der Waals surface area contributed by atoms with Crippen LogP contribution in [-0.2, 0) is 4.74 Å². The lowest BCUT2D eigenvalue weighted by atomic mass is 9.90. The van der Waals surface area contributed by atoms with Crippen LogP contribution in [0.4, 0.5) is 0 Å². The van der Waals surface area contributed by atoms with Gasteiger partial charge in [0.15, 0.2) is 0 Å². The number of hydrogen-bond acceptors (Lipinski definition) is 1. The van der Waals surface area contributed by atoms with E-state index in [0.717, 1.165) is 0 Å². The van der Waals surface area contributed by atoms with Crippen molar-refractivity contribution in [1.82, 2.24) is 0 Å². The lowest BCUT2D eigenvalue weighted by molar-refractivity contribution is -0.113. The van der Waals surface area contributed by atoms with Crippen molar-refractivity contribution in [3.8, 4) is 0 Å². The quantitative estimate of drug-likeness (QED) is 0.529. The number of alkyl halides is 1. The lowest BCUT2D eigenvalue weighted by Gasteiger charge is -2.38. The minimum Gasteiger partial charge on any atom is -0.371 e. The molecule has 0 radical (unpaired) electrons. The number of rotatable bonds is 1. The van der Waals surface area contributed by atoms with E-state index in [4.69, 9.17) is 4.74 Å². The van der Waals surface area contributed by atoms with Gasteiger partial charge < -0.3 is 4.74 Å². The van der Waals surface area contributed by atoms with Crippen LogP contribution in [0.3, 0.4) is 0 Å². The Kier molecular flexibility index (Phi) is 2.95. The molecule has 0 aromatic rings. The summed E-state index contributed by atoms with van der Waals surface area (Å²) in [6, 6.07) is 0. The summed E-state index contributed by atoms with van der Waals surface area (Å²) in [7, 11) is 0. The highest BCUT2D eigenvalue weighted by Crippen LogP contribution is 2.41. The van der Waals surface area contributed by atoms with Crippen LogP contribution in [0.15, 0.2) is 0 Å². The first-order chi connectivity index (χ1) is 5.85. The topological polar surface area (TPSA) is 9.23 Å². The van der Waals surface area contributed by atoms with Gasteiger partial charge in [0.25, 0.3) is 0 Å². The Balaban J connectivity index is 1.97. The van der Waals surface area contributed by atoms with Gasteiger partial charge in [-0.1, -0.05) is 35.4 Å². The summed E-state index contributed by atoms with van der Waals surface area (Å²) in [5.74, 6) is 0. The zero-order valence-electron chi connectivity index (χ0n) is 7.52. The van der Waals surface area contributed by atoms with Gasteiger partial charge in [0.1, 0.15) is 0 Å². The number of hydrogen-bond donors (Lipinski definition) is 0. The maximum Gasteiger partial charge on any atom is 0.0686 e. The van der Waals surface area contributed by atoms with Gasteiger partial charge in [-0.3, -0.25) is 0 Å². The van der Waals surface area contributed by atoms with E-state index in [2.05, 4.69) is 22.6 Å². The smallest absolute Gasteiger partial charge is 0.0686 e. The Morgan fingerprint density at radius 1 is 1.17 bits per heavy atom. The molecule has 0 aromatic heterocycles. The van der Waals surface area contributed by atoms with Crippen molar-refractivity contribution in [2.75, 3.05) is 4.43 Å². The Morgan fingerprint density at radius 3 is 2.50 bits per heavy atom. The van der Waals surface area contributed by atoms with Crippen LogP contribution in [-0.4, -0.2) is 16.1 Å². The Bertz CT molecular complexity index is 152. The van der Waals surface area contributed by atoms with E-state index in [9.17, 15) is 0 Å². The summed E-state index contributed by atoms with van der Waals surface area (Å²) in [6.07, 6.45) is 10.1. The van der Waals surface area contributed by atoms with Gasteiger partial charge in [0, 0.05) is 4.43 Å². The van der Waals surface area contributed by atoms with E-state index < -0.39 is 0 Å². The van der Waals surface area contributed by atoms with Gasteiger partial charge in [-0.2, -0.15) is 0 Å². The molecule has 1 atom stereocenters. The molecule has 0 amide bonds. The van der Waals surface area contributed by atoms with Gasteiger partial charge >= 0.3 is 0 Å². The fourth-order valence-electron chi connectivity index (χ4n) is 2.62. The van der Waals surface area contributed by atoms with Crippen molar-refractivity contribution in [3.05, 3.63) is 0 Å². The fourth-order valence-corrected chi connectivity index (χ4v) is 3.24. The van der Waals surface area contributed by atoms with Crippen molar-refractivity contribution in [1.29, 1.82) is 0 Å². The van der Waals surface area contributed by atoms with Gasteiger partial charge in [-0.25, -0.2) is 0 Å². The van der Waals surface area contributed by atoms with Crippen molar-refractivity contribution in [2.24, 2.45) is 0 Å². The minimum absolute atomic E-state index is 0.341. The van der Waals surface area contributed by atoms with E-state index >= 15 is 0 Å². The highest BCUT2D eigenvalue weighted by molar-refractivity contribution is 14.1. The maximum atomic E-state index is 6.18. The second kappa shape index (κ2) is 3.82. The molecule has 0 N–H and O–H groups in total. The predicted octanol–water partition coefficient (Wildman–Crippen LogP) is 3.30. The molecule has 1 unspecified atom stereocenters. The van der Waals surface area contributed by atoms with Gasteiger partial charge in [-0.15, -0.1) is 0 Å². The first-order valence-electron chi connectivity index (χ1n) is 5.08. The van der Waals surface area contributed by atoms with E-state index in [1.807, 2.05) is 0 Å². The molecule has 1 aliphatic heterocycles. The first kappa shape index (κ1) is 9.25. The average molecular weight is 280 g/mol. The SMILES string of the molecule is ICC1CCCC2(CCCC2)O1. The zero-order valence-corrected chi connectivity index (χ0v) is 9.68. The molecule has 2 heteroatoms. The van der Waals surface area contributed by atoms with Crippen molar-refractivity contribution >= 4 is 22.6 Å². The van der Waals surface area contributed by atoms with E-state index in [1.54, 1.807) is 0 Å². The second-order valence-corrected chi connectivity index (χ2v) is 5.06. The molecule has 1 heterocycles. The molecule has 0 aromatic carbocycles. The van der Waals surface area contributed by atoms with Crippen LogP contribution in [0, 0.1) is 0 Å². The molecule has 2 fully saturated rings. The maximum absolute atomic E-state index is 6.18. The molecule has 12 heavy (non-hydrogen) atoms. The monoisotopic (exact) mass is 280 g/mol. The minimum atomic E-state index is 0.341. The van der Waals surface area contributed by atoms with Crippen LogP contribution in [0.25, 0.3) is 0 Å². The highest BCUT2D eigenvalue weighted by Gasteiger charge is 2.38. The van der Waals surface area contributed by atoms with Gasteiger partial charge in [-0.05, 0) is 32.1 Å². The average Bonchev–Trinajstić information content (AvgIpc) is 2.53. The molecule has 2 rings (SSSR count). The third kappa shape index (κ3) is 1.79. The van der Waals surface area contributed by atoms with Crippen molar-refractivity contribution < 1.29 is 4.74 Å². The third-order valence-electron chi connectivity index (χ3n) is 3.26. The second-order valence-electron chi connectivity index (χ2n) is 4.18. The molecule has 1 spiro atoms. The van der Waals surface area contributed by atoms with Crippen LogP contribution >= 0.6 is 22.6 Å². The molecular formula is C10H17IO. The highest BCUT2D eigenvalue weighted by atomic mass is 127. The largest absolute Gasteiger partial charge is 0.371 e. The van der Waals surface area contributed by atoms with Crippen LogP contribution in [0.2, 0.25) is 0 Å². The molecule has 1 saturated carbocycles. The number of halogens is 1. The Hall–Kier alpha value is 0.690. The van der Waals surface area contributed by atoms with Crippen LogP contribution in [0.1, 0.15) is 44.9 Å². The molecular weight excluding hydrogens is 263 g/mol. The molecule has 1 nitrogen and oxygen atoms in total. The van der Waals surface area contributed by atoms with E-state index in [1.165, 1.54) is 49.4 Å². The predicted molar refractivity (Wildman–Crippen MR) is 58.8 cm³/mol. The van der Waals surface area contributed by atoms with E-state index in [0.29, 0.717) is 11.7 Å². The van der Waals surface area contributed by atoms with E-state index in [-0.39, 0.29) is 0 Å². The van der Waals surface area contributed by atoms with Crippen molar-refractivity contribution in [3.63, 3.8) is 0 Å². The summed E-state index contributed by atoms with van der Waals surface area (Å²) in [5, 5.41) is 0. The van der Waals surface area contributed by atoms with Crippen LogP contribution < -0.4 is 0 Å². The molecule has 1 saturated heterocycles. The summed E-state index contributed by atoms with van der Waals surface area (Å²) in [4.78, 5) is 0. The third-order valence-corrected chi connectivity index (χ3v) is 4.24. The Labute approximate surface area is 88.4 Å². The zero-order chi connectivity index (χ0) is 8.44. The fraction of sp³-hybridized carbons (Fsp3) is 1.00.